The second-order valence-corrected chi connectivity index (χ2v) is 10.2. The number of amides is 3. The van der Waals surface area contributed by atoms with Crippen molar-refractivity contribution in [2.45, 2.75) is 57.4 Å². The van der Waals surface area contributed by atoms with Crippen LogP contribution < -0.4 is 21.3 Å². The van der Waals surface area contributed by atoms with Crippen molar-refractivity contribution >= 4 is 23.7 Å². The number of hydrogen-bond donors (Lipinski definition) is 5. The lowest BCUT2D eigenvalue weighted by Gasteiger charge is -2.21. The average molecular weight is 534 g/mol. The Morgan fingerprint density at radius 1 is 1.00 bits per heavy atom. The summed E-state index contributed by atoms with van der Waals surface area (Å²) in [6, 6.07) is 15.6. The van der Waals surface area contributed by atoms with E-state index in [4.69, 9.17) is 10.1 Å². The van der Waals surface area contributed by atoms with Crippen LogP contribution in [-0.2, 0) is 14.3 Å². The Balaban J connectivity index is 1.32. The Morgan fingerprint density at radius 3 is 2.38 bits per heavy atom. The number of fused-ring (bicyclic) bond motifs is 3. The van der Waals surface area contributed by atoms with E-state index < -0.39 is 12.1 Å². The number of rotatable bonds is 8. The molecule has 1 heterocycles. The summed E-state index contributed by atoms with van der Waals surface area (Å²) in [6.45, 7) is 3.42. The smallest absolute Gasteiger partial charge is 0.407 e. The van der Waals surface area contributed by atoms with Gasteiger partial charge in [0, 0.05) is 32.0 Å². The molecule has 1 aliphatic heterocycles. The first-order valence-corrected chi connectivity index (χ1v) is 14.0. The molecule has 2 aromatic rings. The van der Waals surface area contributed by atoms with Crippen LogP contribution in [0.25, 0.3) is 11.1 Å². The van der Waals surface area contributed by atoms with Gasteiger partial charge < -0.3 is 26.0 Å². The third-order valence-electron chi connectivity index (χ3n) is 7.49. The van der Waals surface area contributed by atoms with Gasteiger partial charge in [-0.15, -0.1) is 0 Å². The second kappa shape index (κ2) is 13.8. The summed E-state index contributed by atoms with van der Waals surface area (Å²) < 4.78 is 5.65. The van der Waals surface area contributed by atoms with Gasteiger partial charge in [0.1, 0.15) is 12.6 Å². The van der Waals surface area contributed by atoms with E-state index in [1.54, 1.807) is 0 Å². The second-order valence-electron chi connectivity index (χ2n) is 10.2. The van der Waals surface area contributed by atoms with Gasteiger partial charge in [-0.3, -0.25) is 15.0 Å². The molecule has 2 aromatic carbocycles. The summed E-state index contributed by atoms with van der Waals surface area (Å²) in [5.41, 5.74) is 4.57. The zero-order valence-electron chi connectivity index (χ0n) is 22.6. The van der Waals surface area contributed by atoms with Crippen LogP contribution >= 0.6 is 0 Å². The highest BCUT2D eigenvalue weighted by atomic mass is 16.5. The molecule has 5 N–H and O–H groups in total. The monoisotopic (exact) mass is 533 g/mol. The van der Waals surface area contributed by atoms with Crippen LogP contribution in [0.1, 0.15) is 62.5 Å². The van der Waals surface area contributed by atoms with Gasteiger partial charge in [0.15, 0.2) is 0 Å². The van der Waals surface area contributed by atoms with Crippen LogP contribution in [0.3, 0.4) is 0 Å². The molecule has 2 aliphatic rings. The van der Waals surface area contributed by atoms with E-state index in [0.29, 0.717) is 57.5 Å². The van der Waals surface area contributed by atoms with Crippen LogP contribution in [0.5, 0.6) is 0 Å². The minimum absolute atomic E-state index is 0.0575. The SMILES string of the molecule is CCC(=N)NCCC[C@@H]1CNC(=O)C(NC(=O)OCC2c3ccccc3-c3ccccc32)CCCCNC1=O. The molecule has 3 amide bonds. The Kier molecular flexibility index (Phi) is 9.94. The predicted octanol–water partition coefficient (Wildman–Crippen LogP) is 3.68. The number of amidine groups is 1. The summed E-state index contributed by atoms with van der Waals surface area (Å²) in [5.74, 6) is -0.354. The standard InChI is InChI=1S/C30H39N5O4/c1-2-27(31)32-17-9-10-20-18-34-29(37)26(15-7-8-16-33-28(20)36)35-30(38)39-19-25-23-13-5-3-11-21(23)22-12-4-6-14-24(22)25/h3-6,11-14,20,25-26H,2,7-10,15-19H2,1H3,(H2,31,32)(H,33,36)(H,34,37)(H,35,38)/t20-,26?/m1/s1. The van der Waals surface area contributed by atoms with Crippen LogP contribution in [0.2, 0.25) is 0 Å². The Hall–Kier alpha value is -3.88. The van der Waals surface area contributed by atoms with E-state index in [-0.39, 0.29) is 36.8 Å². The zero-order chi connectivity index (χ0) is 27.6. The van der Waals surface area contributed by atoms with E-state index in [9.17, 15) is 14.4 Å². The van der Waals surface area contributed by atoms with E-state index in [2.05, 4.69) is 45.5 Å². The van der Waals surface area contributed by atoms with E-state index in [1.165, 1.54) is 0 Å². The molecule has 0 spiro atoms. The number of carbonyl (C=O) groups excluding carboxylic acids is 3. The van der Waals surface area contributed by atoms with Crippen molar-refractivity contribution in [3.8, 4) is 11.1 Å². The van der Waals surface area contributed by atoms with E-state index in [0.717, 1.165) is 22.3 Å². The average Bonchev–Trinajstić information content (AvgIpc) is 3.26. The summed E-state index contributed by atoms with van der Waals surface area (Å²) in [4.78, 5) is 38.5. The Bertz CT molecular complexity index is 1140. The lowest BCUT2D eigenvalue weighted by atomic mass is 9.98. The van der Waals surface area contributed by atoms with E-state index >= 15 is 0 Å². The lowest BCUT2D eigenvalue weighted by molar-refractivity contribution is -0.126. The fourth-order valence-electron chi connectivity index (χ4n) is 5.27. The summed E-state index contributed by atoms with van der Waals surface area (Å²) in [5, 5.41) is 19.3. The number of nitrogens with one attached hydrogen (secondary N) is 5. The zero-order valence-corrected chi connectivity index (χ0v) is 22.6. The Labute approximate surface area is 230 Å². The van der Waals surface area contributed by atoms with Crippen molar-refractivity contribution in [2.75, 3.05) is 26.2 Å². The highest BCUT2D eigenvalue weighted by Crippen LogP contribution is 2.44. The molecule has 0 bridgehead atoms. The van der Waals surface area contributed by atoms with E-state index in [1.807, 2.05) is 31.2 Å². The molecule has 2 atom stereocenters. The first kappa shape index (κ1) is 28.1. The highest BCUT2D eigenvalue weighted by molar-refractivity contribution is 5.86. The van der Waals surface area contributed by atoms with Gasteiger partial charge in [-0.25, -0.2) is 4.79 Å². The predicted molar refractivity (Wildman–Crippen MR) is 151 cm³/mol. The molecule has 4 rings (SSSR count). The lowest BCUT2D eigenvalue weighted by Crippen LogP contribution is -2.48. The third-order valence-corrected chi connectivity index (χ3v) is 7.49. The van der Waals surface area contributed by atoms with Crippen LogP contribution in [0, 0.1) is 11.3 Å². The quantitative estimate of drug-likeness (QED) is 0.201. The molecule has 1 saturated heterocycles. The molecule has 1 unspecified atom stereocenters. The molecule has 0 saturated carbocycles. The maximum atomic E-state index is 13.0. The fraction of sp³-hybridized carbons (Fsp3) is 0.467. The molecule has 0 radical (unpaired) electrons. The van der Waals surface area contributed by atoms with Crippen molar-refractivity contribution in [1.82, 2.24) is 21.3 Å². The van der Waals surface area contributed by atoms with Crippen molar-refractivity contribution in [3.05, 3.63) is 59.7 Å². The molecular formula is C30H39N5O4. The van der Waals surface area contributed by atoms with Crippen LogP contribution in [0.4, 0.5) is 4.79 Å². The summed E-state index contributed by atoms with van der Waals surface area (Å²) >= 11 is 0. The number of alkyl carbamates (subject to hydrolysis) is 1. The first-order chi connectivity index (χ1) is 19.0. The topological polar surface area (TPSA) is 132 Å². The normalized spacial score (nSPS) is 19.5. The number of carbonyl (C=O) groups is 3. The van der Waals surface area contributed by atoms with Gasteiger partial charge in [-0.05, 0) is 54.4 Å². The number of benzene rings is 2. The molecule has 1 aliphatic carbocycles. The number of ether oxygens (including phenoxy) is 1. The molecule has 1 fully saturated rings. The van der Waals surface area contributed by atoms with Gasteiger partial charge in [0.25, 0.3) is 0 Å². The molecule has 208 valence electrons. The molecule has 39 heavy (non-hydrogen) atoms. The van der Waals surface area contributed by atoms with Gasteiger partial charge >= 0.3 is 6.09 Å². The largest absolute Gasteiger partial charge is 0.449 e. The fourth-order valence-corrected chi connectivity index (χ4v) is 5.27. The van der Waals surface area contributed by atoms with Gasteiger partial charge in [-0.2, -0.15) is 0 Å². The van der Waals surface area contributed by atoms with Gasteiger partial charge in [0.05, 0.1) is 11.8 Å². The molecule has 0 aromatic heterocycles. The maximum Gasteiger partial charge on any atom is 0.407 e. The highest BCUT2D eigenvalue weighted by Gasteiger charge is 2.30. The van der Waals surface area contributed by atoms with Crippen molar-refractivity contribution < 1.29 is 19.1 Å². The minimum atomic E-state index is -0.735. The first-order valence-electron chi connectivity index (χ1n) is 14.0. The summed E-state index contributed by atoms with van der Waals surface area (Å²) in [6.07, 6.45) is 3.15. The molecular weight excluding hydrogens is 494 g/mol. The minimum Gasteiger partial charge on any atom is -0.449 e. The van der Waals surface area contributed by atoms with Crippen molar-refractivity contribution in [2.24, 2.45) is 5.92 Å². The van der Waals surface area contributed by atoms with Crippen LogP contribution in [-0.4, -0.2) is 56.0 Å². The van der Waals surface area contributed by atoms with Gasteiger partial charge in [0.2, 0.25) is 11.8 Å². The molecule has 9 heteroatoms. The number of hydrogen-bond acceptors (Lipinski definition) is 5. The van der Waals surface area contributed by atoms with Gasteiger partial charge in [-0.1, -0.05) is 55.5 Å². The van der Waals surface area contributed by atoms with Crippen molar-refractivity contribution in [1.29, 1.82) is 5.41 Å². The summed E-state index contributed by atoms with van der Waals surface area (Å²) in [7, 11) is 0. The van der Waals surface area contributed by atoms with Crippen LogP contribution in [0.15, 0.2) is 48.5 Å². The Morgan fingerprint density at radius 2 is 1.69 bits per heavy atom. The third kappa shape index (κ3) is 7.37. The molecule has 9 nitrogen and oxygen atoms in total. The maximum absolute atomic E-state index is 13.0. The van der Waals surface area contributed by atoms with Crippen molar-refractivity contribution in [3.63, 3.8) is 0 Å².